The fraction of sp³-hybridized carbons (Fsp3) is 0.500. The van der Waals surface area contributed by atoms with Crippen LogP contribution in [0.25, 0.3) is 0 Å². The summed E-state index contributed by atoms with van der Waals surface area (Å²) in [7, 11) is 7.42. The quantitative estimate of drug-likeness (QED) is 0.405. The lowest BCUT2D eigenvalue weighted by Gasteiger charge is -2.22. The van der Waals surface area contributed by atoms with Gasteiger partial charge >= 0.3 is 0 Å². The molecule has 22 heavy (non-hydrogen) atoms. The van der Waals surface area contributed by atoms with E-state index in [0.29, 0.717) is 11.4 Å². The van der Waals surface area contributed by atoms with Crippen molar-refractivity contribution in [2.45, 2.75) is 11.4 Å². The van der Waals surface area contributed by atoms with Crippen molar-refractivity contribution >= 4 is 40.0 Å². The molecule has 6 nitrogen and oxygen atoms in total. The van der Waals surface area contributed by atoms with Gasteiger partial charge in [-0.2, -0.15) is 0 Å². The highest BCUT2D eigenvalue weighted by atomic mass is 127. The molecule has 1 aromatic carbocycles. The maximum atomic E-state index is 12.0. The van der Waals surface area contributed by atoms with Crippen LogP contribution in [0.5, 0.6) is 0 Å². The normalized spacial score (nSPS) is 10.9. The van der Waals surface area contributed by atoms with Crippen molar-refractivity contribution in [3.05, 3.63) is 29.8 Å². The Labute approximate surface area is 150 Å². The first-order valence-corrected chi connectivity index (χ1v) is 8.01. The number of hydrogen-bond acceptors (Lipinski definition) is 3. The van der Waals surface area contributed by atoms with Crippen molar-refractivity contribution in [3.8, 4) is 0 Å². The van der Waals surface area contributed by atoms with Gasteiger partial charge in [0.05, 0.1) is 11.4 Å². The van der Waals surface area contributed by atoms with Crippen molar-refractivity contribution in [2.24, 2.45) is 4.99 Å². The molecule has 0 N–H and O–H groups in total. The van der Waals surface area contributed by atoms with Gasteiger partial charge in [-0.05, 0) is 17.7 Å². The molecule has 0 saturated heterocycles. The molecule has 0 aliphatic heterocycles. The van der Waals surface area contributed by atoms with Crippen LogP contribution >= 0.6 is 24.0 Å². The molecule has 0 aliphatic carbocycles. The van der Waals surface area contributed by atoms with E-state index in [4.69, 9.17) is 0 Å². The van der Waals surface area contributed by atoms with Crippen LogP contribution in [0.4, 0.5) is 0 Å². The molecule has 0 aliphatic rings. The number of benzene rings is 1. The Morgan fingerprint density at radius 3 is 1.77 bits per heavy atom. The van der Waals surface area contributed by atoms with Crippen molar-refractivity contribution in [3.63, 3.8) is 0 Å². The van der Waals surface area contributed by atoms with Gasteiger partial charge in [0.25, 0.3) is 0 Å². The highest BCUT2D eigenvalue weighted by Gasteiger charge is 2.16. The molecule has 0 fully saturated rings. The van der Waals surface area contributed by atoms with Crippen LogP contribution in [0.2, 0.25) is 0 Å². The Bertz CT molecular complexity index is 586. The average molecular weight is 440 g/mol. The maximum absolute atomic E-state index is 12.0. The Balaban J connectivity index is 0.00000441. The zero-order chi connectivity index (χ0) is 16.2. The highest BCUT2D eigenvalue weighted by Crippen LogP contribution is 2.14. The molecule has 8 heteroatoms. The first-order valence-electron chi connectivity index (χ1n) is 6.57. The van der Waals surface area contributed by atoms with Crippen LogP contribution in [0.3, 0.4) is 0 Å². The minimum atomic E-state index is -3.37. The average Bonchev–Trinajstić information content (AvgIpc) is 2.38. The van der Waals surface area contributed by atoms with Crippen molar-refractivity contribution in [1.29, 1.82) is 0 Å². The van der Waals surface area contributed by atoms with E-state index in [9.17, 15) is 8.42 Å². The molecule has 0 amide bonds. The summed E-state index contributed by atoms with van der Waals surface area (Å²) in [4.78, 5) is 8.69. The Morgan fingerprint density at radius 1 is 0.955 bits per heavy atom. The lowest BCUT2D eigenvalue weighted by atomic mass is 10.2. The molecule has 1 rings (SSSR count). The van der Waals surface area contributed by atoms with Gasteiger partial charge in [0, 0.05) is 42.3 Å². The summed E-state index contributed by atoms with van der Waals surface area (Å²) in [6.07, 6.45) is 0. The molecular formula is C14H25IN4O2S. The summed E-state index contributed by atoms with van der Waals surface area (Å²) >= 11 is 0. The number of aliphatic imine (C=N–C) groups is 1. The van der Waals surface area contributed by atoms with E-state index in [1.807, 2.05) is 38.0 Å². The Kier molecular flexibility index (Phi) is 8.34. The SMILES string of the molecule is CN(C)C(=NCc1ccc(S(=O)(=O)N(C)C)cc1)N(C)C.I. The van der Waals surface area contributed by atoms with Gasteiger partial charge in [-0.3, -0.25) is 0 Å². The second-order valence-electron chi connectivity index (χ2n) is 5.34. The number of sulfonamides is 1. The van der Waals surface area contributed by atoms with Crippen molar-refractivity contribution in [1.82, 2.24) is 14.1 Å². The molecule has 0 saturated carbocycles. The van der Waals surface area contributed by atoms with Gasteiger partial charge in [-0.15, -0.1) is 24.0 Å². The first kappa shape index (κ1) is 21.1. The van der Waals surface area contributed by atoms with Gasteiger partial charge in [0.2, 0.25) is 10.0 Å². The molecule has 0 aromatic heterocycles. The second-order valence-corrected chi connectivity index (χ2v) is 7.49. The van der Waals surface area contributed by atoms with Crippen LogP contribution in [-0.2, 0) is 16.6 Å². The number of nitrogens with zero attached hydrogens (tertiary/aromatic N) is 4. The third kappa shape index (κ3) is 5.40. The topological polar surface area (TPSA) is 56.2 Å². The molecule has 0 spiro atoms. The molecular weight excluding hydrogens is 415 g/mol. The fourth-order valence-electron chi connectivity index (χ4n) is 1.82. The number of halogens is 1. The molecule has 126 valence electrons. The van der Waals surface area contributed by atoms with E-state index >= 15 is 0 Å². The molecule has 0 atom stereocenters. The third-order valence-electron chi connectivity index (χ3n) is 2.90. The van der Waals surface area contributed by atoms with Gasteiger partial charge < -0.3 is 9.80 Å². The highest BCUT2D eigenvalue weighted by molar-refractivity contribution is 14.0. The summed E-state index contributed by atoms with van der Waals surface area (Å²) in [6, 6.07) is 6.82. The van der Waals surface area contributed by atoms with E-state index in [2.05, 4.69) is 4.99 Å². The van der Waals surface area contributed by atoms with Gasteiger partial charge in [0.15, 0.2) is 5.96 Å². The van der Waals surface area contributed by atoms with E-state index in [0.717, 1.165) is 11.5 Å². The largest absolute Gasteiger partial charge is 0.349 e. The zero-order valence-corrected chi connectivity index (χ0v) is 17.1. The summed E-state index contributed by atoms with van der Waals surface area (Å²) in [5.41, 5.74) is 0.967. The van der Waals surface area contributed by atoms with Crippen LogP contribution in [0, 0.1) is 0 Å². The van der Waals surface area contributed by atoms with Crippen molar-refractivity contribution in [2.75, 3.05) is 42.3 Å². The minimum Gasteiger partial charge on any atom is -0.349 e. The maximum Gasteiger partial charge on any atom is 0.242 e. The summed E-state index contributed by atoms with van der Waals surface area (Å²) < 4.78 is 25.2. The smallest absolute Gasteiger partial charge is 0.242 e. The van der Waals surface area contributed by atoms with Crippen LogP contribution in [0.15, 0.2) is 34.2 Å². The predicted octanol–water partition coefficient (Wildman–Crippen LogP) is 1.53. The lowest BCUT2D eigenvalue weighted by molar-refractivity contribution is 0.479. The molecule has 0 unspecified atom stereocenters. The fourth-order valence-corrected chi connectivity index (χ4v) is 2.72. The molecule has 0 radical (unpaired) electrons. The van der Waals surface area contributed by atoms with Gasteiger partial charge in [-0.25, -0.2) is 17.7 Å². The summed E-state index contributed by atoms with van der Waals surface area (Å²) in [6.45, 7) is 0.508. The number of hydrogen-bond donors (Lipinski definition) is 0. The van der Waals surface area contributed by atoms with Crippen LogP contribution in [-0.4, -0.2) is 70.8 Å². The molecule has 0 heterocycles. The number of rotatable bonds is 4. The van der Waals surface area contributed by atoms with Crippen molar-refractivity contribution < 1.29 is 8.42 Å². The molecule has 1 aromatic rings. The Morgan fingerprint density at radius 2 is 1.41 bits per heavy atom. The summed E-state index contributed by atoms with van der Waals surface area (Å²) in [5, 5.41) is 0. The van der Waals surface area contributed by atoms with E-state index in [1.54, 1.807) is 24.3 Å². The van der Waals surface area contributed by atoms with E-state index in [-0.39, 0.29) is 24.0 Å². The zero-order valence-electron chi connectivity index (χ0n) is 13.9. The Hall–Kier alpha value is -0.870. The molecule has 0 bridgehead atoms. The second kappa shape index (κ2) is 8.68. The first-order chi connectivity index (χ1) is 9.66. The van der Waals surface area contributed by atoms with E-state index < -0.39 is 10.0 Å². The van der Waals surface area contributed by atoms with Gasteiger partial charge in [0.1, 0.15) is 0 Å². The number of guanidine groups is 1. The lowest BCUT2D eigenvalue weighted by Crippen LogP contribution is -2.35. The standard InChI is InChI=1S/C14H24N4O2S.HI/c1-16(2)14(17(3)4)15-11-12-7-9-13(10-8-12)21(19,20)18(5)6;/h7-10H,11H2,1-6H3;1H. The predicted molar refractivity (Wildman–Crippen MR) is 101 cm³/mol. The van der Waals surface area contributed by atoms with Gasteiger partial charge in [-0.1, -0.05) is 12.1 Å². The monoisotopic (exact) mass is 440 g/mol. The van der Waals surface area contributed by atoms with E-state index in [1.165, 1.54) is 18.4 Å². The van der Waals surface area contributed by atoms with Crippen LogP contribution < -0.4 is 0 Å². The minimum absolute atomic E-state index is 0. The third-order valence-corrected chi connectivity index (χ3v) is 4.73. The van der Waals surface area contributed by atoms with Crippen LogP contribution in [0.1, 0.15) is 5.56 Å². The summed E-state index contributed by atoms with van der Waals surface area (Å²) in [5.74, 6) is 0.861.